The van der Waals surface area contributed by atoms with E-state index in [-0.39, 0.29) is 18.0 Å². The summed E-state index contributed by atoms with van der Waals surface area (Å²) in [5.74, 6) is -0.711. The van der Waals surface area contributed by atoms with Gasteiger partial charge in [-0.15, -0.1) is 0 Å². The highest BCUT2D eigenvalue weighted by Gasteiger charge is 2.16. The lowest BCUT2D eigenvalue weighted by Gasteiger charge is -2.11. The van der Waals surface area contributed by atoms with E-state index < -0.39 is 16.9 Å². The van der Waals surface area contributed by atoms with Crippen molar-refractivity contribution < 1.29 is 19.6 Å². The lowest BCUT2D eigenvalue weighted by Crippen LogP contribution is -2.34. The van der Waals surface area contributed by atoms with E-state index >= 15 is 0 Å². The number of nitrogens with two attached hydrogens (primary N) is 1. The number of rotatable bonds is 8. The molecule has 0 aliphatic rings. The highest BCUT2D eigenvalue weighted by atomic mass is 16.6. The molecule has 1 aromatic rings. The minimum atomic E-state index is -1.33. The highest BCUT2D eigenvalue weighted by molar-refractivity contribution is 5.79. The van der Waals surface area contributed by atoms with Crippen LogP contribution in [0.25, 0.3) is 0 Å². The zero-order valence-electron chi connectivity index (χ0n) is 11.0. The highest BCUT2D eigenvalue weighted by Crippen LogP contribution is 2.30. The third kappa shape index (κ3) is 4.39. The molecule has 0 heterocycles. The topological polar surface area (TPSA) is 128 Å². The molecule has 0 aromatic heterocycles. The molecule has 110 valence electrons. The summed E-state index contributed by atoms with van der Waals surface area (Å²) in [6.45, 7) is 2.16. The van der Waals surface area contributed by atoms with Crippen molar-refractivity contribution in [3.8, 4) is 5.75 Å². The number of hydrogen-bond donors (Lipinski definition) is 3. The molecule has 1 aromatic carbocycles. The second-order valence-electron chi connectivity index (χ2n) is 4.09. The minimum Gasteiger partial charge on any atom is -0.487 e. The Hall–Kier alpha value is -2.35. The van der Waals surface area contributed by atoms with E-state index in [2.05, 4.69) is 5.32 Å². The molecular formula is C12H17N3O5. The molecule has 0 aliphatic heterocycles. The van der Waals surface area contributed by atoms with Crippen LogP contribution in [-0.2, 0) is 4.79 Å². The Morgan fingerprint density at radius 1 is 1.60 bits per heavy atom. The van der Waals surface area contributed by atoms with Crippen LogP contribution in [0.3, 0.4) is 0 Å². The van der Waals surface area contributed by atoms with Crippen molar-refractivity contribution in [2.24, 2.45) is 5.73 Å². The molecule has 8 nitrogen and oxygen atoms in total. The number of nitrogens with one attached hydrogen (secondary N) is 1. The van der Waals surface area contributed by atoms with E-state index in [0.717, 1.165) is 6.42 Å². The summed E-state index contributed by atoms with van der Waals surface area (Å²) in [5, 5.41) is 22.9. The van der Waals surface area contributed by atoms with Crippen molar-refractivity contribution in [1.29, 1.82) is 0 Å². The first-order valence-corrected chi connectivity index (χ1v) is 6.08. The predicted molar refractivity (Wildman–Crippen MR) is 72.6 cm³/mol. The first kappa shape index (κ1) is 15.7. The van der Waals surface area contributed by atoms with Crippen molar-refractivity contribution in [1.82, 2.24) is 0 Å². The Morgan fingerprint density at radius 2 is 2.30 bits per heavy atom. The molecule has 20 heavy (non-hydrogen) atoms. The van der Waals surface area contributed by atoms with Crippen LogP contribution in [-0.4, -0.2) is 35.2 Å². The van der Waals surface area contributed by atoms with E-state index in [4.69, 9.17) is 10.5 Å². The molecule has 0 bridgehead atoms. The normalized spacial score (nSPS) is 11.7. The molecule has 0 saturated heterocycles. The fourth-order valence-corrected chi connectivity index (χ4v) is 1.42. The van der Waals surface area contributed by atoms with Gasteiger partial charge in [-0.1, -0.05) is 6.92 Å². The van der Waals surface area contributed by atoms with Crippen molar-refractivity contribution >= 4 is 17.3 Å². The Kier molecular flexibility index (Phi) is 5.73. The molecule has 0 aliphatic carbocycles. The molecule has 1 atom stereocenters. The summed E-state index contributed by atoms with van der Waals surface area (Å²) in [7, 11) is 0. The molecule has 0 radical (unpaired) electrons. The average Bonchev–Trinajstić information content (AvgIpc) is 2.42. The van der Waals surface area contributed by atoms with Gasteiger partial charge in [0.2, 0.25) is 5.91 Å². The van der Waals surface area contributed by atoms with Gasteiger partial charge in [0.15, 0.2) is 5.75 Å². The molecule has 1 unspecified atom stereocenters. The molecule has 1 rings (SSSR count). The fraction of sp³-hybridized carbons (Fsp3) is 0.417. The number of nitro groups is 1. The maximum atomic E-state index is 10.9. The number of ether oxygens (including phenoxy) is 1. The van der Waals surface area contributed by atoms with Crippen molar-refractivity contribution in [2.75, 3.05) is 18.5 Å². The van der Waals surface area contributed by atoms with Crippen LogP contribution in [0, 0.1) is 10.1 Å². The summed E-state index contributed by atoms with van der Waals surface area (Å²) in [4.78, 5) is 21.0. The minimum absolute atomic E-state index is 0.0830. The van der Waals surface area contributed by atoms with Gasteiger partial charge in [0.05, 0.1) is 11.5 Å². The van der Waals surface area contributed by atoms with Crippen molar-refractivity contribution in [3.63, 3.8) is 0 Å². The van der Waals surface area contributed by atoms with Crippen LogP contribution in [0.15, 0.2) is 18.2 Å². The second-order valence-corrected chi connectivity index (χ2v) is 4.09. The number of anilines is 1. The summed E-state index contributed by atoms with van der Waals surface area (Å²) in [6, 6.07) is 4.20. The van der Waals surface area contributed by atoms with E-state index in [1.165, 1.54) is 18.2 Å². The second kappa shape index (κ2) is 7.29. The van der Waals surface area contributed by atoms with Gasteiger partial charge < -0.3 is 20.9 Å². The van der Waals surface area contributed by atoms with Crippen LogP contribution in [0.2, 0.25) is 0 Å². The molecule has 8 heteroatoms. The lowest BCUT2D eigenvalue weighted by atomic mass is 10.2. The first-order chi connectivity index (χ1) is 9.45. The largest absolute Gasteiger partial charge is 0.487 e. The molecular weight excluding hydrogens is 266 g/mol. The Bertz CT molecular complexity index is 492. The Labute approximate surface area is 115 Å². The fourth-order valence-electron chi connectivity index (χ4n) is 1.42. The number of aliphatic hydroxyl groups is 1. The Balaban J connectivity index is 2.83. The summed E-state index contributed by atoms with van der Waals surface area (Å²) in [6.07, 6.45) is -0.611. The lowest BCUT2D eigenvalue weighted by molar-refractivity contribution is -0.385. The maximum Gasteiger partial charge on any atom is 0.311 e. The number of nitro benzene ring substituents is 1. The number of hydrogen-bond acceptors (Lipinski definition) is 6. The van der Waals surface area contributed by atoms with E-state index in [1.807, 2.05) is 6.92 Å². The summed E-state index contributed by atoms with van der Waals surface area (Å²) < 4.78 is 5.31. The number of carbonyl (C=O) groups is 1. The first-order valence-electron chi connectivity index (χ1n) is 6.08. The third-order valence-electron chi connectivity index (χ3n) is 2.45. The van der Waals surface area contributed by atoms with Gasteiger partial charge in [-0.05, 0) is 12.5 Å². The Morgan fingerprint density at radius 3 is 2.85 bits per heavy atom. The number of benzene rings is 1. The van der Waals surface area contributed by atoms with Gasteiger partial charge in [-0.3, -0.25) is 14.9 Å². The molecule has 0 spiro atoms. The van der Waals surface area contributed by atoms with E-state index in [1.54, 1.807) is 0 Å². The summed E-state index contributed by atoms with van der Waals surface area (Å²) >= 11 is 0. The van der Waals surface area contributed by atoms with Crippen LogP contribution < -0.4 is 15.8 Å². The number of aliphatic hydroxyl groups excluding tert-OH is 1. The monoisotopic (exact) mass is 283 g/mol. The smallest absolute Gasteiger partial charge is 0.311 e. The van der Waals surface area contributed by atoms with Gasteiger partial charge in [0.1, 0.15) is 6.10 Å². The predicted octanol–water partition coefficient (Wildman–Crippen LogP) is 0.642. The van der Waals surface area contributed by atoms with Gasteiger partial charge in [0, 0.05) is 24.4 Å². The molecule has 0 fully saturated rings. The summed E-state index contributed by atoms with van der Waals surface area (Å²) in [5.41, 5.74) is 5.27. The molecule has 0 saturated carbocycles. The van der Waals surface area contributed by atoms with E-state index in [9.17, 15) is 20.0 Å². The number of nitrogens with zero attached hydrogens (tertiary/aromatic N) is 1. The van der Waals surface area contributed by atoms with E-state index in [0.29, 0.717) is 12.3 Å². The third-order valence-corrected chi connectivity index (χ3v) is 2.45. The van der Waals surface area contributed by atoms with Gasteiger partial charge in [-0.2, -0.15) is 0 Å². The van der Waals surface area contributed by atoms with Crippen LogP contribution in [0.4, 0.5) is 11.4 Å². The van der Waals surface area contributed by atoms with Gasteiger partial charge in [-0.25, -0.2) is 0 Å². The van der Waals surface area contributed by atoms with Crippen LogP contribution >= 0.6 is 0 Å². The standard InChI is InChI=1S/C12H17N3O5/c1-2-5-20-11-6-8(3-4-9(11)15(18)19)14-7-10(16)12(13)17/h3-4,6,10,14,16H,2,5,7H2,1H3,(H2,13,17). The molecule has 1 amide bonds. The quantitative estimate of drug-likeness (QED) is 0.474. The zero-order chi connectivity index (χ0) is 15.1. The van der Waals surface area contributed by atoms with Crippen LogP contribution in [0.5, 0.6) is 5.75 Å². The number of carbonyl (C=O) groups excluding carboxylic acids is 1. The number of primary amides is 1. The number of amides is 1. The van der Waals surface area contributed by atoms with Crippen molar-refractivity contribution in [2.45, 2.75) is 19.4 Å². The average molecular weight is 283 g/mol. The SMILES string of the molecule is CCCOc1cc(NCC(O)C(N)=O)ccc1[N+](=O)[O-]. The van der Waals surface area contributed by atoms with Gasteiger partial charge >= 0.3 is 5.69 Å². The zero-order valence-corrected chi connectivity index (χ0v) is 11.0. The maximum absolute atomic E-state index is 10.9. The van der Waals surface area contributed by atoms with Gasteiger partial charge in [0.25, 0.3) is 0 Å². The molecule has 4 N–H and O–H groups in total. The van der Waals surface area contributed by atoms with Crippen molar-refractivity contribution in [3.05, 3.63) is 28.3 Å². The van der Waals surface area contributed by atoms with Crippen LogP contribution in [0.1, 0.15) is 13.3 Å².